The van der Waals surface area contributed by atoms with Crippen LogP contribution in [0.4, 0.5) is 0 Å². The minimum atomic E-state index is -3.03. The van der Waals surface area contributed by atoms with Crippen LogP contribution >= 0.6 is 0 Å². The van der Waals surface area contributed by atoms with Gasteiger partial charge in [-0.25, -0.2) is 8.42 Å². The molecule has 0 radical (unpaired) electrons. The van der Waals surface area contributed by atoms with Gasteiger partial charge in [-0.05, 0) is 46.5 Å². The van der Waals surface area contributed by atoms with Gasteiger partial charge < -0.3 is 10.1 Å². The lowest BCUT2D eigenvalue weighted by Crippen LogP contribution is -2.47. The standard InChI is InChI=1S/C15H31NO3S/c1-6-15(7-2)12-13(8-10-19-15)16-9-11-20(17,18)14(3,4)5/h13,16H,6-12H2,1-5H3. The van der Waals surface area contributed by atoms with E-state index in [1.807, 2.05) is 0 Å². The Bertz CT molecular complexity index is 394. The smallest absolute Gasteiger partial charge is 0.156 e. The molecule has 0 amide bonds. The minimum absolute atomic E-state index is 0.0151. The summed E-state index contributed by atoms with van der Waals surface area (Å²) >= 11 is 0. The molecule has 0 aromatic rings. The molecule has 1 saturated heterocycles. The van der Waals surface area contributed by atoms with E-state index >= 15 is 0 Å². The van der Waals surface area contributed by atoms with Gasteiger partial charge in [-0.1, -0.05) is 13.8 Å². The van der Waals surface area contributed by atoms with Crippen LogP contribution in [0.25, 0.3) is 0 Å². The predicted molar refractivity (Wildman–Crippen MR) is 83.8 cm³/mol. The summed E-state index contributed by atoms with van der Waals surface area (Å²) in [6.45, 7) is 10.9. The maximum absolute atomic E-state index is 12.1. The van der Waals surface area contributed by atoms with E-state index in [0.717, 1.165) is 32.3 Å². The molecule has 1 aliphatic heterocycles. The maximum Gasteiger partial charge on any atom is 0.156 e. The fourth-order valence-corrected chi connectivity index (χ4v) is 3.65. The SMILES string of the molecule is CCC1(CC)CC(NCCS(=O)(=O)C(C)(C)C)CCO1. The van der Waals surface area contributed by atoms with Crippen molar-refractivity contribution >= 4 is 9.84 Å². The van der Waals surface area contributed by atoms with Crippen molar-refractivity contribution in [1.29, 1.82) is 0 Å². The molecule has 1 fully saturated rings. The summed E-state index contributed by atoms with van der Waals surface area (Å²) in [5, 5.41) is 3.41. The Labute approximate surface area is 124 Å². The molecule has 1 N–H and O–H groups in total. The highest BCUT2D eigenvalue weighted by molar-refractivity contribution is 7.92. The number of ether oxygens (including phenoxy) is 1. The normalized spacial score (nSPS) is 23.8. The van der Waals surface area contributed by atoms with Gasteiger partial charge in [-0.15, -0.1) is 0 Å². The van der Waals surface area contributed by atoms with Crippen LogP contribution < -0.4 is 5.32 Å². The Morgan fingerprint density at radius 1 is 1.25 bits per heavy atom. The van der Waals surface area contributed by atoms with E-state index in [-0.39, 0.29) is 11.4 Å². The van der Waals surface area contributed by atoms with Crippen LogP contribution in [0.5, 0.6) is 0 Å². The third kappa shape index (κ3) is 4.43. The summed E-state index contributed by atoms with van der Waals surface area (Å²) in [7, 11) is -3.03. The molecule has 1 heterocycles. The molecule has 1 aliphatic rings. The molecule has 0 spiro atoms. The molecule has 1 unspecified atom stereocenters. The fraction of sp³-hybridized carbons (Fsp3) is 1.00. The molecule has 1 atom stereocenters. The first-order valence-electron chi connectivity index (χ1n) is 7.75. The van der Waals surface area contributed by atoms with Gasteiger partial charge in [0.15, 0.2) is 9.84 Å². The number of nitrogens with one attached hydrogen (secondary N) is 1. The topological polar surface area (TPSA) is 55.4 Å². The van der Waals surface area contributed by atoms with E-state index in [1.165, 1.54) is 0 Å². The largest absolute Gasteiger partial charge is 0.375 e. The molecule has 20 heavy (non-hydrogen) atoms. The van der Waals surface area contributed by atoms with Crippen LogP contribution in [-0.4, -0.2) is 43.7 Å². The Morgan fingerprint density at radius 3 is 2.35 bits per heavy atom. The van der Waals surface area contributed by atoms with Gasteiger partial charge in [0.1, 0.15) is 0 Å². The monoisotopic (exact) mass is 305 g/mol. The fourth-order valence-electron chi connectivity index (χ4n) is 2.65. The summed E-state index contributed by atoms with van der Waals surface area (Å²) in [5.41, 5.74) is -0.0151. The third-order valence-corrected chi connectivity index (χ3v) is 7.13. The van der Waals surface area contributed by atoms with Gasteiger partial charge in [0.25, 0.3) is 0 Å². The van der Waals surface area contributed by atoms with Crippen molar-refractivity contribution in [3.8, 4) is 0 Å². The number of rotatable bonds is 6. The first-order valence-corrected chi connectivity index (χ1v) is 9.40. The Balaban J connectivity index is 2.47. The molecule has 4 nitrogen and oxygen atoms in total. The molecule has 0 aromatic carbocycles. The van der Waals surface area contributed by atoms with Crippen LogP contribution in [0.3, 0.4) is 0 Å². The number of hydrogen-bond donors (Lipinski definition) is 1. The second kappa shape index (κ2) is 6.75. The highest BCUT2D eigenvalue weighted by atomic mass is 32.2. The van der Waals surface area contributed by atoms with Crippen LogP contribution in [0, 0.1) is 0 Å². The van der Waals surface area contributed by atoms with E-state index in [9.17, 15) is 8.42 Å². The van der Waals surface area contributed by atoms with Crippen LogP contribution in [0.1, 0.15) is 60.3 Å². The Morgan fingerprint density at radius 2 is 1.85 bits per heavy atom. The summed E-state index contributed by atoms with van der Waals surface area (Å²) in [5.74, 6) is 0.207. The first kappa shape index (κ1) is 17.9. The van der Waals surface area contributed by atoms with Crippen molar-refractivity contribution in [1.82, 2.24) is 5.32 Å². The zero-order chi connectivity index (χ0) is 15.4. The Hall–Kier alpha value is -0.130. The molecule has 1 rings (SSSR count). The minimum Gasteiger partial charge on any atom is -0.375 e. The summed E-state index contributed by atoms with van der Waals surface area (Å²) < 4.78 is 29.4. The molecule has 0 aliphatic carbocycles. The quantitative estimate of drug-likeness (QED) is 0.819. The average molecular weight is 305 g/mol. The van der Waals surface area contributed by atoms with Crippen LogP contribution in [-0.2, 0) is 14.6 Å². The van der Waals surface area contributed by atoms with Crippen LogP contribution in [0.2, 0.25) is 0 Å². The zero-order valence-corrected chi connectivity index (χ0v) is 14.5. The summed E-state index contributed by atoms with van der Waals surface area (Å²) in [4.78, 5) is 0. The van der Waals surface area contributed by atoms with Gasteiger partial charge in [0, 0.05) is 19.2 Å². The van der Waals surface area contributed by atoms with Crippen molar-refractivity contribution in [2.45, 2.75) is 76.7 Å². The van der Waals surface area contributed by atoms with Crippen molar-refractivity contribution in [2.75, 3.05) is 18.9 Å². The third-order valence-electron chi connectivity index (χ3n) is 4.52. The first-order chi connectivity index (χ1) is 9.16. The number of hydrogen-bond acceptors (Lipinski definition) is 4. The summed E-state index contributed by atoms with van der Waals surface area (Å²) in [6, 6.07) is 0.374. The van der Waals surface area contributed by atoms with Gasteiger partial charge in [0.05, 0.1) is 16.1 Å². The van der Waals surface area contributed by atoms with Crippen molar-refractivity contribution in [3.05, 3.63) is 0 Å². The second-order valence-corrected chi connectivity index (χ2v) is 9.68. The molecule has 0 aromatic heterocycles. The van der Waals surface area contributed by atoms with Gasteiger partial charge in [0.2, 0.25) is 0 Å². The van der Waals surface area contributed by atoms with E-state index in [2.05, 4.69) is 19.2 Å². The lowest BCUT2D eigenvalue weighted by atomic mass is 9.86. The lowest BCUT2D eigenvalue weighted by molar-refractivity contribution is -0.0927. The van der Waals surface area contributed by atoms with Crippen molar-refractivity contribution < 1.29 is 13.2 Å². The molecular weight excluding hydrogens is 274 g/mol. The lowest BCUT2D eigenvalue weighted by Gasteiger charge is -2.40. The molecule has 0 bridgehead atoms. The zero-order valence-electron chi connectivity index (χ0n) is 13.7. The van der Waals surface area contributed by atoms with E-state index in [4.69, 9.17) is 4.74 Å². The average Bonchev–Trinajstić information content (AvgIpc) is 2.37. The van der Waals surface area contributed by atoms with Crippen molar-refractivity contribution in [2.24, 2.45) is 0 Å². The van der Waals surface area contributed by atoms with Gasteiger partial charge >= 0.3 is 0 Å². The predicted octanol–water partition coefficient (Wildman–Crippen LogP) is 2.53. The highest BCUT2D eigenvalue weighted by Crippen LogP contribution is 2.31. The number of sulfone groups is 1. The van der Waals surface area contributed by atoms with E-state index in [0.29, 0.717) is 12.6 Å². The molecule has 5 heteroatoms. The van der Waals surface area contributed by atoms with Crippen molar-refractivity contribution in [3.63, 3.8) is 0 Å². The van der Waals surface area contributed by atoms with E-state index < -0.39 is 14.6 Å². The highest BCUT2D eigenvalue weighted by Gasteiger charge is 2.34. The summed E-state index contributed by atoms with van der Waals surface area (Å²) in [6.07, 6.45) is 3.98. The van der Waals surface area contributed by atoms with Crippen LogP contribution in [0.15, 0.2) is 0 Å². The second-order valence-electron chi connectivity index (χ2n) is 6.81. The molecule has 0 saturated carbocycles. The van der Waals surface area contributed by atoms with Gasteiger partial charge in [-0.2, -0.15) is 0 Å². The maximum atomic E-state index is 12.1. The molecular formula is C15H31NO3S. The van der Waals surface area contributed by atoms with Gasteiger partial charge in [-0.3, -0.25) is 0 Å². The molecule has 120 valence electrons. The Kier molecular flexibility index (Phi) is 6.05. The van der Waals surface area contributed by atoms with E-state index in [1.54, 1.807) is 20.8 Å².